The molecule has 6 nitrogen and oxygen atoms in total. The van der Waals surface area contributed by atoms with Gasteiger partial charge in [0.15, 0.2) is 0 Å². The smallest absolute Gasteiger partial charge is 0.212 e. The summed E-state index contributed by atoms with van der Waals surface area (Å²) in [6.45, 7) is -0.784. The van der Waals surface area contributed by atoms with Crippen LogP contribution in [0.25, 0.3) is 0 Å². The Morgan fingerprint density at radius 1 is 1.60 bits per heavy atom. The molecular formula is C3H7NO5P-. The van der Waals surface area contributed by atoms with Crippen molar-refractivity contribution in [2.75, 3.05) is 13.2 Å². The van der Waals surface area contributed by atoms with Crippen molar-refractivity contribution in [3.8, 4) is 0 Å². The number of phosphoric acid groups is 1. The monoisotopic (exact) mass is 168 g/mol. The molecule has 3 N–H and O–H groups in total. The van der Waals surface area contributed by atoms with Gasteiger partial charge < -0.3 is 24.6 Å². The third-order valence-electron chi connectivity index (χ3n) is 0.662. The molecule has 0 bridgehead atoms. The fourth-order valence-corrected chi connectivity index (χ4v) is 0.525. The Hall–Kier alpha value is -0.260. The Morgan fingerprint density at radius 3 is 2.40 bits per heavy atom. The molecule has 0 fully saturated rings. The molecule has 0 aromatic rings. The third-order valence-corrected chi connectivity index (χ3v) is 1.11. The summed E-state index contributed by atoms with van der Waals surface area (Å²) in [5.74, 6) is -0.521. The molecule has 0 radical (unpaired) electrons. The average Bonchev–Trinajstić information content (AvgIpc) is 1.81. The molecule has 0 saturated carbocycles. The Bertz CT molecular complexity index is 162. The minimum atomic E-state index is -4.98. The average molecular weight is 168 g/mol. The zero-order valence-electron chi connectivity index (χ0n) is 5.11. The summed E-state index contributed by atoms with van der Waals surface area (Å²) in [5.41, 5.74) is 3.16. The van der Waals surface area contributed by atoms with Crippen LogP contribution < -0.4 is 15.5 Å². The van der Waals surface area contributed by atoms with E-state index in [1.807, 2.05) is 0 Å². The van der Waals surface area contributed by atoms with Gasteiger partial charge in [0.2, 0.25) is 5.78 Å². The summed E-state index contributed by atoms with van der Waals surface area (Å²) in [4.78, 5) is 29.7. The number of carbonyl (C=O) groups excluding carboxylic acids is 1. The molecule has 10 heavy (non-hydrogen) atoms. The molecule has 0 spiro atoms. The summed E-state index contributed by atoms with van der Waals surface area (Å²) in [5, 5.41) is 0. The van der Waals surface area contributed by atoms with Gasteiger partial charge in [-0.1, -0.05) is 0 Å². The number of carbonyl (C=O) groups is 1. The molecule has 0 saturated heterocycles. The second-order valence-electron chi connectivity index (χ2n) is 1.51. The molecule has 0 atom stereocenters. The van der Waals surface area contributed by atoms with Crippen molar-refractivity contribution in [3.63, 3.8) is 0 Å². The Kier molecular flexibility index (Phi) is 3.70. The zero-order valence-corrected chi connectivity index (χ0v) is 6.00. The lowest BCUT2D eigenvalue weighted by Crippen LogP contribution is -2.55. The van der Waals surface area contributed by atoms with Crippen LogP contribution >= 0.6 is 7.82 Å². The largest absolute Gasteiger partial charge is 0.790 e. The van der Waals surface area contributed by atoms with E-state index < -0.39 is 20.2 Å². The van der Waals surface area contributed by atoms with Crippen molar-refractivity contribution in [2.45, 2.75) is 0 Å². The van der Waals surface area contributed by atoms with E-state index in [0.717, 1.165) is 0 Å². The summed E-state index contributed by atoms with van der Waals surface area (Å²) in [7, 11) is -4.98. The summed E-state index contributed by atoms with van der Waals surface area (Å²) < 4.78 is 13.4. The van der Waals surface area contributed by atoms with Gasteiger partial charge in [-0.15, -0.1) is 0 Å². The second-order valence-corrected chi connectivity index (χ2v) is 2.66. The predicted molar refractivity (Wildman–Crippen MR) is 26.3 cm³/mol. The molecule has 7 heteroatoms. The van der Waals surface area contributed by atoms with Crippen LogP contribution in [0.2, 0.25) is 0 Å². The van der Waals surface area contributed by atoms with Crippen LogP contribution in [0.4, 0.5) is 0 Å². The number of Topliss-reactive ketones (excluding diaryl/α,β-unsaturated/α-hetero) is 1. The van der Waals surface area contributed by atoms with Crippen molar-refractivity contribution < 1.29 is 29.4 Å². The van der Waals surface area contributed by atoms with Gasteiger partial charge >= 0.3 is 0 Å². The van der Waals surface area contributed by atoms with Gasteiger partial charge in [-0.2, -0.15) is 0 Å². The van der Waals surface area contributed by atoms with E-state index in [2.05, 4.69) is 10.3 Å². The van der Waals surface area contributed by atoms with Crippen LogP contribution in [0.15, 0.2) is 0 Å². The van der Waals surface area contributed by atoms with Crippen LogP contribution in [0.3, 0.4) is 0 Å². The first-order chi connectivity index (χ1) is 4.45. The molecule has 0 heterocycles. The SMILES string of the molecule is [NH3+]CC(=O)COP(=O)([O-])[O-]. The maximum atomic E-state index is 10.3. The molecular weight excluding hydrogens is 161 g/mol. The van der Waals surface area contributed by atoms with Crippen molar-refractivity contribution in [1.29, 1.82) is 0 Å². The first-order valence-corrected chi connectivity index (χ1v) is 3.89. The zero-order chi connectivity index (χ0) is 8.20. The summed E-state index contributed by atoms with van der Waals surface area (Å²) in [6, 6.07) is 0. The standard InChI is InChI=1S/C3H8NO5P/c4-1-3(5)2-9-10(6,7)8/h1-2,4H2,(H2,6,7,8)/p-1. The summed E-state index contributed by atoms with van der Waals surface area (Å²) >= 11 is 0. The first kappa shape index (κ1) is 9.74. The number of phosphoric ester groups is 1. The quantitative estimate of drug-likeness (QED) is 0.440. The van der Waals surface area contributed by atoms with E-state index in [0.29, 0.717) is 0 Å². The normalized spacial score (nSPS) is 11.5. The lowest BCUT2D eigenvalue weighted by atomic mass is 10.4. The van der Waals surface area contributed by atoms with Gasteiger partial charge in [0.05, 0.1) is 7.82 Å². The number of hydrogen-bond donors (Lipinski definition) is 1. The third kappa shape index (κ3) is 5.87. The van der Waals surface area contributed by atoms with Crippen molar-refractivity contribution in [3.05, 3.63) is 0 Å². The van der Waals surface area contributed by atoms with Crippen LogP contribution in [0, 0.1) is 0 Å². The number of ketones is 1. The van der Waals surface area contributed by atoms with Gasteiger partial charge in [0, 0.05) is 0 Å². The van der Waals surface area contributed by atoms with E-state index in [1.165, 1.54) is 0 Å². The lowest BCUT2D eigenvalue weighted by molar-refractivity contribution is -0.356. The van der Waals surface area contributed by atoms with Gasteiger partial charge in [-0.3, -0.25) is 4.79 Å². The highest BCUT2D eigenvalue weighted by atomic mass is 31.2. The van der Waals surface area contributed by atoms with Crippen molar-refractivity contribution in [1.82, 2.24) is 0 Å². The second kappa shape index (κ2) is 3.80. The number of hydrogen-bond acceptors (Lipinski definition) is 5. The van der Waals surface area contributed by atoms with Gasteiger partial charge in [-0.25, -0.2) is 0 Å². The van der Waals surface area contributed by atoms with Gasteiger partial charge in [0.1, 0.15) is 13.2 Å². The molecule has 0 amide bonds. The Labute approximate surface area is 57.2 Å². The van der Waals surface area contributed by atoms with Crippen LogP contribution in [-0.4, -0.2) is 18.9 Å². The number of quaternary nitrogens is 1. The van der Waals surface area contributed by atoms with Gasteiger partial charge in [0.25, 0.3) is 0 Å². The molecule has 0 aromatic carbocycles. The van der Waals surface area contributed by atoms with Crippen LogP contribution in [0.5, 0.6) is 0 Å². The van der Waals surface area contributed by atoms with E-state index in [4.69, 9.17) is 0 Å². The fraction of sp³-hybridized carbons (Fsp3) is 0.667. The predicted octanol–water partition coefficient (Wildman–Crippen LogP) is -3.36. The van der Waals surface area contributed by atoms with E-state index in [-0.39, 0.29) is 6.54 Å². The molecule has 0 unspecified atom stereocenters. The highest BCUT2D eigenvalue weighted by Gasteiger charge is 2.00. The van der Waals surface area contributed by atoms with E-state index in [9.17, 15) is 19.1 Å². The minimum Gasteiger partial charge on any atom is -0.790 e. The Balaban J connectivity index is 3.56. The maximum absolute atomic E-state index is 10.3. The molecule has 0 rings (SSSR count). The van der Waals surface area contributed by atoms with E-state index in [1.54, 1.807) is 0 Å². The Morgan fingerprint density at radius 2 is 2.10 bits per heavy atom. The molecule has 0 aliphatic heterocycles. The molecule has 0 aromatic heterocycles. The first-order valence-electron chi connectivity index (χ1n) is 2.43. The topological polar surface area (TPSA) is 117 Å². The molecule has 0 aliphatic rings. The maximum Gasteiger partial charge on any atom is 0.212 e. The van der Waals surface area contributed by atoms with E-state index >= 15 is 0 Å². The molecule has 0 aliphatic carbocycles. The minimum absolute atomic E-state index is 0.0833. The van der Waals surface area contributed by atoms with Crippen LogP contribution in [-0.2, 0) is 13.9 Å². The molecule has 60 valence electrons. The van der Waals surface area contributed by atoms with Crippen molar-refractivity contribution >= 4 is 13.6 Å². The van der Waals surface area contributed by atoms with Crippen LogP contribution in [0.1, 0.15) is 0 Å². The lowest BCUT2D eigenvalue weighted by Gasteiger charge is -2.27. The van der Waals surface area contributed by atoms with Gasteiger partial charge in [-0.05, 0) is 0 Å². The highest BCUT2D eigenvalue weighted by Crippen LogP contribution is 2.23. The van der Waals surface area contributed by atoms with Crippen molar-refractivity contribution in [2.24, 2.45) is 0 Å². The summed E-state index contributed by atoms with van der Waals surface area (Å²) in [6.07, 6.45) is 0. The highest BCUT2D eigenvalue weighted by molar-refractivity contribution is 7.43. The number of rotatable bonds is 4. The fourth-order valence-electron chi connectivity index (χ4n) is 0.223.